The minimum absolute atomic E-state index is 0.00943. The van der Waals surface area contributed by atoms with Crippen LogP contribution in [-0.4, -0.2) is 57.8 Å². The largest absolute Gasteiger partial charge is 0.348 e. The van der Waals surface area contributed by atoms with Crippen molar-refractivity contribution in [3.05, 3.63) is 45.6 Å². The minimum atomic E-state index is -0.819. The molecule has 1 saturated heterocycles. The van der Waals surface area contributed by atoms with Crippen LogP contribution in [0, 0.1) is 5.92 Å². The lowest BCUT2D eigenvalue weighted by molar-refractivity contribution is -0.148. The predicted octanol–water partition coefficient (Wildman–Crippen LogP) is 2.72. The van der Waals surface area contributed by atoms with Crippen LogP contribution in [0.5, 0.6) is 0 Å². The molecule has 12 heteroatoms. The first-order chi connectivity index (χ1) is 17.1. The Balaban J connectivity index is 1.40. The highest BCUT2D eigenvalue weighted by Gasteiger charge is 2.38. The molecule has 0 aliphatic carbocycles. The summed E-state index contributed by atoms with van der Waals surface area (Å²) in [6, 6.07) is 6.71. The van der Waals surface area contributed by atoms with Gasteiger partial charge in [-0.25, -0.2) is 9.99 Å². The lowest BCUT2D eigenvalue weighted by atomic mass is 9.98. The molecular formula is C24H29ClN6O4S. The summed E-state index contributed by atoms with van der Waals surface area (Å²) in [5.74, 6) is -2.12. The fourth-order valence-corrected chi connectivity index (χ4v) is 5.36. The van der Waals surface area contributed by atoms with Gasteiger partial charge in [0.05, 0.1) is 0 Å². The van der Waals surface area contributed by atoms with E-state index in [0.717, 1.165) is 35.4 Å². The van der Waals surface area contributed by atoms with E-state index in [9.17, 15) is 19.2 Å². The van der Waals surface area contributed by atoms with E-state index in [1.807, 2.05) is 43.1 Å². The van der Waals surface area contributed by atoms with Crippen molar-refractivity contribution in [2.75, 3.05) is 18.4 Å². The zero-order valence-electron chi connectivity index (χ0n) is 20.3. The molecule has 1 aromatic heterocycles. The number of rotatable bonds is 7. The highest BCUT2D eigenvalue weighted by atomic mass is 35.5. The van der Waals surface area contributed by atoms with Gasteiger partial charge in [-0.15, -0.1) is 0 Å². The van der Waals surface area contributed by atoms with Gasteiger partial charge in [0.1, 0.15) is 11.0 Å². The number of hydrazine groups is 1. The Bertz CT molecular complexity index is 1190. The number of benzene rings is 1. The van der Waals surface area contributed by atoms with Crippen molar-refractivity contribution >= 4 is 51.6 Å². The number of aromatic nitrogens is 1. The Hall–Kier alpha value is -3.02. The second-order valence-electron chi connectivity index (χ2n) is 9.26. The summed E-state index contributed by atoms with van der Waals surface area (Å²) in [6.07, 6.45) is 0.748. The topological polar surface area (TPSA) is 124 Å². The molecule has 0 saturated carbocycles. The Morgan fingerprint density at radius 3 is 2.69 bits per heavy atom. The van der Waals surface area contributed by atoms with Crippen molar-refractivity contribution < 1.29 is 19.2 Å². The highest BCUT2D eigenvalue weighted by molar-refractivity contribution is 7.18. The van der Waals surface area contributed by atoms with E-state index in [4.69, 9.17) is 11.6 Å². The van der Waals surface area contributed by atoms with Crippen molar-refractivity contribution in [1.82, 2.24) is 25.6 Å². The third-order valence-corrected chi connectivity index (χ3v) is 7.38. The van der Waals surface area contributed by atoms with E-state index in [1.165, 1.54) is 0 Å². The first-order valence-corrected chi connectivity index (χ1v) is 13.0. The average Bonchev–Trinajstić information content (AvgIpc) is 3.41. The summed E-state index contributed by atoms with van der Waals surface area (Å²) in [5.41, 5.74) is 1.76. The minimum Gasteiger partial charge on any atom is -0.348 e. The van der Waals surface area contributed by atoms with E-state index < -0.39 is 23.8 Å². The number of halogens is 1. The summed E-state index contributed by atoms with van der Waals surface area (Å²) in [6.45, 7) is 7.29. The van der Waals surface area contributed by atoms with Crippen molar-refractivity contribution in [2.45, 2.75) is 52.2 Å². The standard InChI is InChI=1S/C24H29ClN6O4S/c1-13(2)26-21(34)23-29-19(25)22(36-23)27-17(32)11-14(3)20(33)28-18-16-8-5-4-7-15(16)12-30-9-6-10-31(30)24(18)35/h4-5,7-8,13-14,18H,6,9-12H2,1-3H3,(H,26,34)(H,27,32)(H,28,33)/t14-,18+/m1/s1. The van der Waals surface area contributed by atoms with Crippen molar-refractivity contribution in [1.29, 1.82) is 0 Å². The van der Waals surface area contributed by atoms with Crippen LogP contribution in [0.25, 0.3) is 0 Å². The van der Waals surface area contributed by atoms with Gasteiger partial charge in [0.25, 0.3) is 11.8 Å². The molecule has 1 aromatic carbocycles. The lowest BCUT2D eigenvalue weighted by Crippen LogP contribution is -2.46. The second kappa shape index (κ2) is 10.9. The van der Waals surface area contributed by atoms with Gasteiger partial charge in [-0.3, -0.25) is 24.2 Å². The normalized spacial score (nSPS) is 18.3. The molecule has 0 bridgehead atoms. The molecule has 4 amide bonds. The third kappa shape index (κ3) is 5.69. The monoisotopic (exact) mass is 532 g/mol. The molecule has 1 fully saturated rings. The number of carbonyl (C=O) groups is 4. The summed E-state index contributed by atoms with van der Waals surface area (Å²) in [4.78, 5) is 55.2. The van der Waals surface area contributed by atoms with Gasteiger partial charge in [-0.05, 0) is 31.4 Å². The molecule has 2 atom stereocenters. The van der Waals surface area contributed by atoms with Gasteiger partial charge >= 0.3 is 0 Å². The lowest BCUT2D eigenvalue weighted by Gasteiger charge is -2.28. The van der Waals surface area contributed by atoms with E-state index >= 15 is 0 Å². The Labute approximate surface area is 218 Å². The first-order valence-electron chi connectivity index (χ1n) is 11.9. The average molecular weight is 533 g/mol. The van der Waals surface area contributed by atoms with Gasteiger partial charge < -0.3 is 16.0 Å². The van der Waals surface area contributed by atoms with Crippen LogP contribution in [0.3, 0.4) is 0 Å². The van der Waals surface area contributed by atoms with Crippen LogP contribution in [0.1, 0.15) is 60.6 Å². The molecule has 4 rings (SSSR count). The van der Waals surface area contributed by atoms with Gasteiger partial charge in [0.15, 0.2) is 10.2 Å². The number of carbonyl (C=O) groups excluding carboxylic acids is 4. The molecule has 0 radical (unpaired) electrons. The Kier molecular flexibility index (Phi) is 7.91. The van der Waals surface area contributed by atoms with Crippen molar-refractivity contribution in [3.63, 3.8) is 0 Å². The number of amides is 4. The molecular weight excluding hydrogens is 504 g/mol. The molecule has 3 heterocycles. The zero-order chi connectivity index (χ0) is 26.0. The maximum atomic E-state index is 13.3. The highest BCUT2D eigenvalue weighted by Crippen LogP contribution is 2.31. The van der Waals surface area contributed by atoms with E-state index in [-0.39, 0.29) is 39.4 Å². The molecule has 192 valence electrons. The zero-order valence-corrected chi connectivity index (χ0v) is 21.9. The number of thiazole rings is 1. The quantitative estimate of drug-likeness (QED) is 0.504. The predicted molar refractivity (Wildman–Crippen MR) is 136 cm³/mol. The third-order valence-electron chi connectivity index (χ3n) is 6.03. The molecule has 10 nitrogen and oxygen atoms in total. The number of nitrogens with zero attached hydrogens (tertiary/aromatic N) is 3. The molecule has 2 aliphatic heterocycles. The molecule has 0 unspecified atom stereocenters. The molecule has 0 spiro atoms. The van der Waals surface area contributed by atoms with Gasteiger partial charge in [0.2, 0.25) is 11.8 Å². The van der Waals surface area contributed by atoms with E-state index in [0.29, 0.717) is 13.1 Å². The Morgan fingerprint density at radius 2 is 1.94 bits per heavy atom. The fourth-order valence-electron chi connectivity index (χ4n) is 4.29. The number of fused-ring (bicyclic) bond motifs is 2. The SMILES string of the molecule is CC(C)NC(=O)c1nc(Cl)c(NC(=O)C[C@@H](C)C(=O)N[C@@H]2C(=O)N3CCCN3Cc3ccccc32)s1. The molecule has 2 aliphatic rings. The first kappa shape index (κ1) is 26.1. The van der Waals surface area contributed by atoms with Crippen LogP contribution in [0.4, 0.5) is 5.00 Å². The van der Waals surface area contributed by atoms with E-state index in [2.05, 4.69) is 20.9 Å². The Morgan fingerprint density at radius 1 is 1.19 bits per heavy atom. The van der Waals surface area contributed by atoms with Crippen LogP contribution in [-0.2, 0) is 20.9 Å². The van der Waals surface area contributed by atoms with Crippen LogP contribution >= 0.6 is 22.9 Å². The van der Waals surface area contributed by atoms with Gasteiger partial charge in [-0.1, -0.05) is 54.1 Å². The van der Waals surface area contributed by atoms with Gasteiger partial charge in [-0.2, -0.15) is 0 Å². The van der Waals surface area contributed by atoms with Crippen LogP contribution in [0.2, 0.25) is 5.15 Å². The van der Waals surface area contributed by atoms with Crippen LogP contribution < -0.4 is 16.0 Å². The summed E-state index contributed by atoms with van der Waals surface area (Å²) in [7, 11) is 0. The number of anilines is 1. The summed E-state index contributed by atoms with van der Waals surface area (Å²) >= 11 is 7.06. The number of hydrogen-bond acceptors (Lipinski definition) is 7. The second-order valence-corrected chi connectivity index (χ2v) is 10.6. The number of hydrogen-bond donors (Lipinski definition) is 3. The molecule has 3 N–H and O–H groups in total. The molecule has 36 heavy (non-hydrogen) atoms. The molecule has 2 aromatic rings. The maximum absolute atomic E-state index is 13.3. The smallest absolute Gasteiger partial charge is 0.280 e. The maximum Gasteiger partial charge on any atom is 0.280 e. The van der Waals surface area contributed by atoms with Crippen LogP contribution in [0.15, 0.2) is 24.3 Å². The number of nitrogens with one attached hydrogen (secondary N) is 3. The summed E-state index contributed by atoms with van der Waals surface area (Å²) in [5, 5.41) is 12.3. The fraction of sp³-hybridized carbons (Fsp3) is 0.458. The van der Waals surface area contributed by atoms with E-state index in [1.54, 1.807) is 11.9 Å². The summed E-state index contributed by atoms with van der Waals surface area (Å²) < 4.78 is 0. The van der Waals surface area contributed by atoms with Crippen molar-refractivity contribution in [3.8, 4) is 0 Å². The van der Waals surface area contributed by atoms with Crippen molar-refractivity contribution in [2.24, 2.45) is 5.92 Å². The van der Waals surface area contributed by atoms with Gasteiger partial charge in [0, 0.05) is 38.0 Å².